The molecule has 0 aliphatic heterocycles. The van der Waals surface area contributed by atoms with Crippen LogP contribution >= 0.6 is 0 Å². The standard InChI is InChI=1S/C19H28N2O2/c20-17-11-16(9-10-18(17)22)19(23)21(13-15-7-4-8-15)12-14-5-2-1-3-6-14/h1-3,5-6,15-18,22H,4,7-13,20H2/t16-,17+,18+/m0/s1. The van der Waals surface area contributed by atoms with E-state index in [1.54, 1.807) is 0 Å². The first kappa shape index (κ1) is 16.5. The molecule has 2 fully saturated rings. The van der Waals surface area contributed by atoms with Crippen molar-refractivity contribution in [3.8, 4) is 0 Å². The number of benzene rings is 1. The van der Waals surface area contributed by atoms with Crippen LogP contribution in [0.15, 0.2) is 30.3 Å². The summed E-state index contributed by atoms with van der Waals surface area (Å²) >= 11 is 0. The van der Waals surface area contributed by atoms with Crippen LogP contribution in [0.5, 0.6) is 0 Å². The molecule has 1 amide bonds. The molecular weight excluding hydrogens is 288 g/mol. The highest BCUT2D eigenvalue weighted by molar-refractivity contribution is 5.79. The molecule has 2 aliphatic rings. The number of rotatable bonds is 5. The predicted octanol–water partition coefficient (Wildman–Crippen LogP) is 2.30. The van der Waals surface area contributed by atoms with Gasteiger partial charge in [-0.05, 0) is 43.6 Å². The predicted molar refractivity (Wildman–Crippen MR) is 90.5 cm³/mol. The Morgan fingerprint density at radius 3 is 2.52 bits per heavy atom. The molecular formula is C19H28N2O2. The zero-order chi connectivity index (χ0) is 16.2. The maximum absolute atomic E-state index is 13.0. The van der Waals surface area contributed by atoms with Gasteiger partial charge in [-0.3, -0.25) is 4.79 Å². The molecule has 2 saturated carbocycles. The van der Waals surface area contributed by atoms with Crippen LogP contribution < -0.4 is 5.73 Å². The molecule has 0 spiro atoms. The van der Waals surface area contributed by atoms with Gasteiger partial charge in [0.25, 0.3) is 0 Å². The smallest absolute Gasteiger partial charge is 0.226 e. The lowest BCUT2D eigenvalue weighted by molar-refractivity contribution is -0.139. The molecule has 23 heavy (non-hydrogen) atoms. The van der Waals surface area contributed by atoms with Gasteiger partial charge in [0, 0.05) is 25.0 Å². The second kappa shape index (κ2) is 7.45. The van der Waals surface area contributed by atoms with E-state index in [1.165, 1.54) is 24.8 Å². The number of hydrogen-bond donors (Lipinski definition) is 2. The van der Waals surface area contributed by atoms with Gasteiger partial charge in [0.1, 0.15) is 0 Å². The summed E-state index contributed by atoms with van der Waals surface area (Å²) in [6.07, 6.45) is 5.31. The minimum absolute atomic E-state index is 0.0304. The van der Waals surface area contributed by atoms with Crippen molar-refractivity contribution in [3.63, 3.8) is 0 Å². The van der Waals surface area contributed by atoms with Crippen LogP contribution in [0.25, 0.3) is 0 Å². The Labute approximate surface area is 138 Å². The third-order valence-corrected chi connectivity index (χ3v) is 5.44. The molecule has 3 atom stereocenters. The van der Waals surface area contributed by atoms with Gasteiger partial charge >= 0.3 is 0 Å². The van der Waals surface area contributed by atoms with Gasteiger partial charge in [0.2, 0.25) is 5.91 Å². The average molecular weight is 316 g/mol. The lowest BCUT2D eigenvalue weighted by Crippen LogP contribution is -2.47. The van der Waals surface area contributed by atoms with E-state index in [-0.39, 0.29) is 17.9 Å². The molecule has 0 unspecified atom stereocenters. The van der Waals surface area contributed by atoms with Crippen molar-refractivity contribution in [2.75, 3.05) is 6.54 Å². The summed E-state index contributed by atoms with van der Waals surface area (Å²) in [6.45, 7) is 1.55. The topological polar surface area (TPSA) is 66.6 Å². The number of nitrogens with two attached hydrogens (primary N) is 1. The quantitative estimate of drug-likeness (QED) is 0.876. The van der Waals surface area contributed by atoms with Crippen molar-refractivity contribution in [1.29, 1.82) is 0 Å². The van der Waals surface area contributed by atoms with E-state index in [0.717, 1.165) is 13.0 Å². The van der Waals surface area contributed by atoms with Crippen molar-refractivity contribution < 1.29 is 9.90 Å². The number of amides is 1. The molecule has 1 aromatic carbocycles. The highest BCUT2D eigenvalue weighted by atomic mass is 16.3. The van der Waals surface area contributed by atoms with Gasteiger partial charge in [-0.1, -0.05) is 36.8 Å². The van der Waals surface area contributed by atoms with Crippen LogP contribution in [0.1, 0.15) is 44.1 Å². The Bertz CT molecular complexity index is 515. The molecule has 0 bridgehead atoms. The van der Waals surface area contributed by atoms with E-state index >= 15 is 0 Å². The van der Waals surface area contributed by atoms with Crippen LogP contribution in [0.2, 0.25) is 0 Å². The van der Waals surface area contributed by atoms with Gasteiger partial charge in [-0.2, -0.15) is 0 Å². The second-order valence-corrected chi connectivity index (χ2v) is 7.24. The minimum atomic E-state index is -0.451. The molecule has 3 rings (SSSR count). The summed E-state index contributed by atoms with van der Waals surface area (Å²) in [7, 11) is 0. The number of aliphatic hydroxyl groups excluding tert-OH is 1. The molecule has 3 N–H and O–H groups in total. The van der Waals surface area contributed by atoms with Crippen molar-refractivity contribution >= 4 is 5.91 Å². The largest absolute Gasteiger partial charge is 0.392 e. The summed E-state index contributed by atoms with van der Waals surface area (Å²) in [4.78, 5) is 15.1. The number of aliphatic hydroxyl groups is 1. The van der Waals surface area contributed by atoms with E-state index in [1.807, 2.05) is 23.1 Å². The Kier molecular flexibility index (Phi) is 5.34. The van der Waals surface area contributed by atoms with Gasteiger partial charge in [0.05, 0.1) is 6.10 Å². The third-order valence-electron chi connectivity index (χ3n) is 5.44. The maximum atomic E-state index is 13.0. The van der Waals surface area contributed by atoms with Crippen LogP contribution in [0, 0.1) is 11.8 Å². The number of carbonyl (C=O) groups excluding carboxylic acids is 1. The Morgan fingerprint density at radius 2 is 1.91 bits per heavy atom. The first-order valence-electron chi connectivity index (χ1n) is 8.90. The van der Waals surface area contributed by atoms with Crippen LogP contribution in [-0.4, -0.2) is 34.6 Å². The Morgan fingerprint density at radius 1 is 1.17 bits per heavy atom. The van der Waals surface area contributed by atoms with Crippen LogP contribution in [0.4, 0.5) is 0 Å². The fourth-order valence-electron chi connectivity index (χ4n) is 3.70. The molecule has 2 aliphatic carbocycles. The van der Waals surface area contributed by atoms with Crippen molar-refractivity contribution in [1.82, 2.24) is 4.90 Å². The summed E-state index contributed by atoms with van der Waals surface area (Å²) in [5, 5.41) is 9.79. The van der Waals surface area contributed by atoms with E-state index in [9.17, 15) is 9.90 Å². The Balaban J connectivity index is 1.67. The monoisotopic (exact) mass is 316 g/mol. The normalized spacial score (nSPS) is 28.2. The molecule has 0 aromatic heterocycles. The first-order chi connectivity index (χ1) is 11.1. The lowest BCUT2D eigenvalue weighted by Gasteiger charge is -2.37. The van der Waals surface area contributed by atoms with Gasteiger partial charge in [0.15, 0.2) is 0 Å². The first-order valence-corrected chi connectivity index (χ1v) is 8.90. The summed E-state index contributed by atoms with van der Waals surface area (Å²) in [5.74, 6) is 0.853. The van der Waals surface area contributed by atoms with E-state index in [2.05, 4.69) is 12.1 Å². The fraction of sp³-hybridized carbons (Fsp3) is 0.632. The Hall–Kier alpha value is -1.39. The summed E-state index contributed by atoms with van der Waals surface area (Å²) < 4.78 is 0. The molecule has 4 heteroatoms. The maximum Gasteiger partial charge on any atom is 0.226 e. The highest BCUT2D eigenvalue weighted by Crippen LogP contribution is 2.30. The molecule has 0 saturated heterocycles. The molecule has 0 heterocycles. The number of nitrogens with zero attached hydrogens (tertiary/aromatic N) is 1. The van der Waals surface area contributed by atoms with Crippen molar-refractivity contribution in [3.05, 3.63) is 35.9 Å². The molecule has 126 valence electrons. The van der Waals surface area contributed by atoms with E-state index in [4.69, 9.17) is 5.73 Å². The lowest BCUT2D eigenvalue weighted by atomic mass is 9.82. The minimum Gasteiger partial charge on any atom is -0.392 e. The zero-order valence-electron chi connectivity index (χ0n) is 13.7. The van der Waals surface area contributed by atoms with E-state index < -0.39 is 6.10 Å². The van der Waals surface area contributed by atoms with Crippen LogP contribution in [-0.2, 0) is 11.3 Å². The van der Waals surface area contributed by atoms with Gasteiger partial charge in [-0.25, -0.2) is 0 Å². The van der Waals surface area contributed by atoms with Gasteiger partial charge < -0.3 is 15.7 Å². The fourth-order valence-corrected chi connectivity index (χ4v) is 3.70. The number of hydrogen-bond acceptors (Lipinski definition) is 3. The van der Waals surface area contributed by atoms with Crippen LogP contribution in [0.3, 0.4) is 0 Å². The third kappa shape index (κ3) is 4.12. The van der Waals surface area contributed by atoms with Crippen molar-refractivity contribution in [2.24, 2.45) is 17.6 Å². The van der Waals surface area contributed by atoms with Gasteiger partial charge in [-0.15, -0.1) is 0 Å². The summed E-state index contributed by atoms with van der Waals surface area (Å²) in [6, 6.07) is 9.94. The SMILES string of the molecule is N[C@@H]1C[C@@H](C(=O)N(Cc2ccccc2)CC2CCC2)CC[C@H]1O. The second-order valence-electron chi connectivity index (χ2n) is 7.24. The highest BCUT2D eigenvalue weighted by Gasteiger charge is 2.34. The van der Waals surface area contributed by atoms with Crippen molar-refractivity contribution in [2.45, 2.75) is 57.2 Å². The average Bonchev–Trinajstić information content (AvgIpc) is 2.52. The van der Waals surface area contributed by atoms with E-state index in [0.29, 0.717) is 25.3 Å². The summed E-state index contributed by atoms with van der Waals surface area (Å²) in [5.41, 5.74) is 7.16. The molecule has 4 nitrogen and oxygen atoms in total. The molecule has 1 aromatic rings. The molecule has 0 radical (unpaired) electrons. The number of carbonyl (C=O) groups is 1. The zero-order valence-corrected chi connectivity index (χ0v) is 13.7.